The Balaban J connectivity index is 1.94. The van der Waals surface area contributed by atoms with Gasteiger partial charge >= 0.3 is 5.97 Å². The number of hydrogen-bond donors (Lipinski definition) is 1. The number of carboxylic acids is 1. The Kier molecular flexibility index (Phi) is 3.08. The summed E-state index contributed by atoms with van der Waals surface area (Å²) in [5.74, 6) is -0.963. The topological polar surface area (TPSA) is 55.1 Å². The number of aliphatic carboxylic acids is 1. The van der Waals surface area contributed by atoms with Gasteiger partial charge in [0.2, 0.25) is 0 Å². The Morgan fingerprint density at radius 1 is 1.35 bits per heavy atom. The highest BCUT2D eigenvalue weighted by Crippen LogP contribution is 2.26. The molecule has 0 spiro atoms. The maximum atomic E-state index is 11.1. The molecule has 0 saturated heterocycles. The van der Waals surface area contributed by atoms with Gasteiger partial charge in [0, 0.05) is 6.20 Å². The highest BCUT2D eigenvalue weighted by atomic mass is 16.4. The van der Waals surface area contributed by atoms with E-state index in [-0.39, 0.29) is 5.92 Å². The Morgan fingerprint density at radius 3 is 2.85 bits per heavy atom. The molecular formula is C16H18N2O2. The maximum absolute atomic E-state index is 11.1. The predicted molar refractivity (Wildman–Crippen MR) is 76.2 cm³/mol. The highest BCUT2D eigenvalue weighted by molar-refractivity contribution is 5.70. The zero-order valence-corrected chi connectivity index (χ0v) is 11.8. The minimum atomic E-state index is -0.699. The molecule has 2 aromatic rings. The molecule has 1 aliphatic carbocycles. The van der Waals surface area contributed by atoms with Gasteiger partial charge in [0.05, 0.1) is 17.3 Å². The summed E-state index contributed by atoms with van der Waals surface area (Å²) >= 11 is 0. The smallest absolute Gasteiger partial charge is 0.306 e. The largest absolute Gasteiger partial charge is 0.481 e. The van der Waals surface area contributed by atoms with Crippen LogP contribution in [0, 0.1) is 19.8 Å². The third-order valence-electron chi connectivity index (χ3n) is 4.18. The van der Waals surface area contributed by atoms with Crippen molar-refractivity contribution in [3.63, 3.8) is 0 Å². The van der Waals surface area contributed by atoms with Crippen molar-refractivity contribution in [2.75, 3.05) is 0 Å². The molecule has 0 bridgehead atoms. The monoisotopic (exact) mass is 270 g/mol. The van der Waals surface area contributed by atoms with E-state index in [0.29, 0.717) is 12.8 Å². The molecule has 1 atom stereocenters. The molecule has 1 aromatic carbocycles. The van der Waals surface area contributed by atoms with E-state index < -0.39 is 5.97 Å². The Bertz CT molecular complexity index is 673. The molecule has 1 aliphatic rings. The summed E-state index contributed by atoms with van der Waals surface area (Å²) in [4.78, 5) is 11.1. The van der Waals surface area contributed by atoms with Crippen molar-refractivity contribution >= 4 is 5.97 Å². The van der Waals surface area contributed by atoms with E-state index in [0.717, 1.165) is 23.4 Å². The molecule has 1 N–H and O–H groups in total. The van der Waals surface area contributed by atoms with E-state index >= 15 is 0 Å². The van der Waals surface area contributed by atoms with E-state index in [9.17, 15) is 4.79 Å². The Hall–Kier alpha value is -2.10. The summed E-state index contributed by atoms with van der Waals surface area (Å²) in [6.07, 6.45) is 4.01. The van der Waals surface area contributed by atoms with Gasteiger partial charge in [-0.25, -0.2) is 4.68 Å². The summed E-state index contributed by atoms with van der Waals surface area (Å²) in [5, 5.41) is 13.7. The molecule has 1 heterocycles. The first kappa shape index (κ1) is 12.9. The molecule has 0 saturated carbocycles. The minimum absolute atomic E-state index is 0.264. The average molecular weight is 270 g/mol. The van der Waals surface area contributed by atoms with E-state index in [1.165, 1.54) is 11.1 Å². The molecule has 4 heteroatoms. The lowest BCUT2D eigenvalue weighted by Gasteiger charge is -2.16. The van der Waals surface area contributed by atoms with Crippen molar-refractivity contribution in [3.8, 4) is 5.69 Å². The molecule has 1 unspecified atom stereocenters. The van der Waals surface area contributed by atoms with Gasteiger partial charge in [-0.05, 0) is 61.9 Å². The van der Waals surface area contributed by atoms with Gasteiger partial charge in [-0.3, -0.25) is 4.79 Å². The number of benzene rings is 1. The van der Waals surface area contributed by atoms with Crippen molar-refractivity contribution in [1.29, 1.82) is 0 Å². The van der Waals surface area contributed by atoms with Crippen LogP contribution in [0.25, 0.3) is 5.69 Å². The Labute approximate surface area is 118 Å². The molecule has 0 aliphatic heterocycles. The van der Waals surface area contributed by atoms with Crippen LogP contribution in [-0.4, -0.2) is 20.9 Å². The van der Waals surface area contributed by atoms with Crippen LogP contribution in [0.15, 0.2) is 24.4 Å². The molecule has 104 valence electrons. The van der Waals surface area contributed by atoms with Gasteiger partial charge in [0.25, 0.3) is 0 Å². The lowest BCUT2D eigenvalue weighted by molar-refractivity contribution is -0.142. The van der Waals surface area contributed by atoms with Gasteiger partial charge in [-0.2, -0.15) is 5.10 Å². The summed E-state index contributed by atoms with van der Waals surface area (Å²) in [6, 6.07) is 6.25. The molecular weight excluding hydrogens is 252 g/mol. The van der Waals surface area contributed by atoms with E-state index in [2.05, 4.69) is 37.1 Å². The summed E-state index contributed by atoms with van der Waals surface area (Å²) < 4.78 is 1.88. The Morgan fingerprint density at radius 2 is 2.15 bits per heavy atom. The maximum Gasteiger partial charge on any atom is 0.306 e. The van der Waals surface area contributed by atoms with Crippen LogP contribution in [0.3, 0.4) is 0 Å². The van der Waals surface area contributed by atoms with Crippen LogP contribution in [0.1, 0.15) is 28.8 Å². The first-order valence-corrected chi connectivity index (χ1v) is 6.92. The fourth-order valence-corrected chi connectivity index (χ4v) is 2.72. The second kappa shape index (κ2) is 4.78. The average Bonchev–Trinajstić information content (AvgIpc) is 2.84. The van der Waals surface area contributed by atoms with Gasteiger partial charge in [0.15, 0.2) is 0 Å². The van der Waals surface area contributed by atoms with Crippen LogP contribution >= 0.6 is 0 Å². The molecule has 20 heavy (non-hydrogen) atoms. The van der Waals surface area contributed by atoms with Gasteiger partial charge in [0.1, 0.15) is 0 Å². The first-order chi connectivity index (χ1) is 9.54. The second-order valence-electron chi connectivity index (χ2n) is 5.59. The lowest BCUT2D eigenvalue weighted by atomic mass is 9.88. The van der Waals surface area contributed by atoms with Crippen LogP contribution in [-0.2, 0) is 17.6 Å². The summed E-state index contributed by atoms with van der Waals surface area (Å²) in [5.41, 5.74) is 5.65. The number of rotatable bonds is 2. The first-order valence-electron chi connectivity index (χ1n) is 6.92. The number of carboxylic acid groups (broad SMARTS) is 1. The molecule has 1 aromatic heterocycles. The van der Waals surface area contributed by atoms with Crippen LogP contribution in [0.2, 0.25) is 0 Å². The minimum Gasteiger partial charge on any atom is -0.481 e. The van der Waals surface area contributed by atoms with Gasteiger partial charge in [-0.1, -0.05) is 6.07 Å². The zero-order valence-electron chi connectivity index (χ0n) is 11.8. The van der Waals surface area contributed by atoms with E-state index in [4.69, 9.17) is 5.11 Å². The van der Waals surface area contributed by atoms with Crippen molar-refractivity contribution in [2.45, 2.75) is 33.1 Å². The predicted octanol–water partition coefficient (Wildman–Crippen LogP) is 2.68. The summed E-state index contributed by atoms with van der Waals surface area (Å²) in [6.45, 7) is 4.17. The third-order valence-corrected chi connectivity index (χ3v) is 4.18. The van der Waals surface area contributed by atoms with Crippen molar-refractivity contribution < 1.29 is 9.90 Å². The SMILES string of the molecule is Cc1ccc(-n2cc3c(n2)CCC(C(=O)O)C3)cc1C. The number of aryl methyl sites for hydroxylation is 3. The number of nitrogens with zero attached hydrogens (tertiary/aromatic N) is 2. The zero-order chi connectivity index (χ0) is 14.3. The van der Waals surface area contributed by atoms with E-state index in [1.54, 1.807) is 0 Å². The van der Waals surface area contributed by atoms with E-state index in [1.807, 2.05) is 10.9 Å². The fraction of sp³-hybridized carbons (Fsp3) is 0.375. The van der Waals surface area contributed by atoms with Crippen molar-refractivity contribution in [2.24, 2.45) is 5.92 Å². The normalized spacial score (nSPS) is 17.8. The van der Waals surface area contributed by atoms with Crippen LogP contribution in [0.5, 0.6) is 0 Å². The molecule has 0 amide bonds. The highest BCUT2D eigenvalue weighted by Gasteiger charge is 2.26. The second-order valence-corrected chi connectivity index (χ2v) is 5.59. The van der Waals surface area contributed by atoms with Gasteiger partial charge < -0.3 is 5.11 Å². The van der Waals surface area contributed by atoms with Crippen LogP contribution in [0.4, 0.5) is 0 Å². The molecule has 4 nitrogen and oxygen atoms in total. The third kappa shape index (κ3) is 2.22. The molecule has 0 radical (unpaired) electrons. The quantitative estimate of drug-likeness (QED) is 0.912. The molecule has 3 rings (SSSR count). The van der Waals surface area contributed by atoms with Crippen molar-refractivity contribution in [1.82, 2.24) is 9.78 Å². The van der Waals surface area contributed by atoms with Gasteiger partial charge in [-0.15, -0.1) is 0 Å². The lowest BCUT2D eigenvalue weighted by Crippen LogP contribution is -2.21. The molecule has 0 fully saturated rings. The number of hydrogen-bond acceptors (Lipinski definition) is 2. The number of aromatic nitrogens is 2. The fourth-order valence-electron chi connectivity index (χ4n) is 2.72. The van der Waals surface area contributed by atoms with Crippen LogP contribution < -0.4 is 0 Å². The van der Waals surface area contributed by atoms with Crippen molar-refractivity contribution in [3.05, 3.63) is 46.8 Å². The number of carbonyl (C=O) groups is 1. The summed E-state index contributed by atoms with van der Waals surface area (Å²) in [7, 11) is 0. The number of fused-ring (bicyclic) bond motifs is 1. The standard InChI is InChI=1S/C16H18N2O2/c1-10-3-5-14(7-11(10)2)18-9-13-8-12(16(19)20)4-6-15(13)17-18/h3,5,7,9,12H,4,6,8H2,1-2H3,(H,19,20).